The van der Waals surface area contributed by atoms with Crippen LogP contribution in [0.3, 0.4) is 0 Å². The van der Waals surface area contributed by atoms with Gasteiger partial charge >= 0.3 is 0 Å². The highest BCUT2D eigenvalue weighted by Gasteiger charge is 2.26. The minimum Gasteiger partial charge on any atom is -0.382 e. The van der Waals surface area contributed by atoms with Crippen LogP contribution in [0, 0.1) is 0 Å². The van der Waals surface area contributed by atoms with Gasteiger partial charge in [0.1, 0.15) is 5.82 Å². The van der Waals surface area contributed by atoms with Gasteiger partial charge in [-0.05, 0) is 38.1 Å². The van der Waals surface area contributed by atoms with E-state index < -0.39 is 0 Å². The quantitative estimate of drug-likeness (QED) is 0.763. The molecule has 1 saturated heterocycles. The zero-order valence-electron chi connectivity index (χ0n) is 14.9. The Bertz CT molecular complexity index is 823. The average molecular weight is 335 g/mol. The number of nitrogens with one attached hydrogen (secondary N) is 2. The third-order valence-corrected chi connectivity index (χ3v) is 4.91. The number of para-hydroxylation sites is 1. The van der Waals surface area contributed by atoms with Gasteiger partial charge in [0, 0.05) is 49.3 Å². The Balaban J connectivity index is 1.54. The summed E-state index contributed by atoms with van der Waals surface area (Å²) in [5, 5.41) is 4.69. The molecule has 0 radical (unpaired) electrons. The van der Waals surface area contributed by atoms with Crippen LogP contribution in [0.4, 0.5) is 17.3 Å². The van der Waals surface area contributed by atoms with E-state index in [1.54, 1.807) is 0 Å². The minimum absolute atomic E-state index is 0.415. The Morgan fingerprint density at radius 2 is 2.08 bits per heavy atom. The van der Waals surface area contributed by atoms with Gasteiger partial charge in [0.15, 0.2) is 5.82 Å². The molecular formula is C20H25N5. The Kier molecular flexibility index (Phi) is 4.22. The highest BCUT2D eigenvalue weighted by Crippen LogP contribution is 2.28. The van der Waals surface area contributed by atoms with E-state index in [0.717, 1.165) is 37.7 Å². The molecule has 0 aliphatic carbocycles. The Morgan fingerprint density at radius 1 is 1.20 bits per heavy atom. The van der Waals surface area contributed by atoms with Crippen molar-refractivity contribution in [1.29, 1.82) is 0 Å². The molecule has 0 saturated carbocycles. The number of aromatic nitrogens is 2. The lowest BCUT2D eigenvalue weighted by Crippen LogP contribution is -2.52. The first-order valence-electron chi connectivity index (χ1n) is 9.04. The van der Waals surface area contributed by atoms with Gasteiger partial charge in [0.2, 0.25) is 0 Å². The van der Waals surface area contributed by atoms with Crippen molar-refractivity contribution in [3.05, 3.63) is 48.7 Å². The van der Waals surface area contributed by atoms with E-state index >= 15 is 0 Å². The molecule has 130 valence electrons. The Hall–Kier alpha value is -2.69. The second kappa shape index (κ2) is 6.67. The summed E-state index contributed by atoms with van der Waals surface area (Å²) in [5.74, 6) is 2.27. The van der Waals surface area contributed by atoms with E-state index in [2.05, 4.69) is 75.3 Å². The number of aromatic amines is 1. The van der Waals surface area contributed by atoms with Crippen LogP contribution in [0.25, 0.3) is 10.9 Å². The molecule has 1 aliphatic heterocycles. The fourth-order valence-electron chi connectivity index (χ4n) is 3.70. The third kappa shape index (κ3) is 3.02. The second-order valence-electron chi connectivity index (χ2n) is 6.64. The van der Waals surface area contributed by atoms with Crippen molar-refractivity contribution in [2.75, 3.05) is 41.3 Å². The van der Waals surface area contributed by atoms with Crippen molar-refractivity contribution in [3.8, 4) is 0 Å². The highest BCUT2D eigenvalue weighted by atomic mass is 15.3. The molecule has 0 spiro atoms. The molecule has 1 aromatic carbocycles. The molecule has 2 aromatic heterocycles. The topological polar surface area (TPSA) is 47.2 Å². The molecule has 0 amide bonds. The fourth-order valence-corrected chi connectivity index (χ4v) is 3.70. The normalized spacial score (nSPS) is 17.9. The van der Waals surface area contributed by atoms with Gasteiger partial charge in [-0.15, -0.1) is 0 Å². The van der Waals surface area contributed by atoms with Gasteiger partial charge in [0.25, 0.3) is 0 Å². The summed E-state index contributed by atoms with van der Waals surface area (Å²) in [7, 11) is 0. The number of piperazine rings is 1. The molecule has 1 unspecified atom stereocenters. The van der Waals surface area contributed by atoms with E-state index in [4.69, 9.17) is 0 Å². The van der Waals surface area contributed by atoms with Gasteiger partial charge in [0.05, 0.1) is 5.69 Å². The number of rotatable bonds is 4. The number of benzene rings is 1. The summed E-state index contributed by atoms with van der Waals surface area (Å²) in [6, 6.07) is 15.2. The average Bonchev–Trinajstić information content (AvgIpc) is 3.06. The molecular weight excluding hydrogens is 310 g/mol. The van der Waals surface area contributed by atoms with E-state index in [1.807, 2.05) is 12.3 Å². The number of anilines is 3. The van der Waals surface area contributed by atoms with Crippen molar-refractivity contribution in [2.45, 2.75) is 19.9 Å². The van der Waals surface area contributed by atoms with Gasteiger partial charge in [-0.2, -0.15) is 0 Å². The predicted octanol–water partition coefficient (Wildman–Crippen LogP) is 3.71. The first-order valence-corrected chi connectivity index (χ1v) is 9.04. The van der Waals surface area contributed by atoms with E-state index in [1.165, 1.54) is 16.7 Å². The van der Waals surface area contributed by atoms with Crippen LogP contribution in [0.2, 0.25) is 0 Å². The van der Waals surface area contributed by atoms with E-state index in [0.29, 0.717) is 6.04 Å². The summed E-state index contributed by atoms with van der Waals surface area (Å²) in [6.45, 7) is 8.22. The molecule has 1 atom stereocenters. The summed E-state index contributed by atoms with van der Waals surface area (Å²) in [4.78, 5) is 13.0. The van der Waals surface area contributed by atoms with Crippen molar-refractivity contribution >= 4 is 28.2 Å². The van der Waals surface area contributed by atoms with Crippen LogP contribution in [0.1, 0.15) is 13.8 Å². The van der Waals surface area contributed by atoms with Crippen LogP contribution >= 0.6 is 0 Å². The second-order valence-corrected chi connectivity index (χ2v) is 6.64. The van der Waals surface area contributed by atoms with Crippen LogP contribution in [0.15, 0.2) is 48.7 Å². The zero-order valence-corrected chi connectivity index (χ0v) is 14.9. The molecule has 4 rings (SSSR count). The van der Waals surface area contributed by atoms with Gasteiger partial charge in [-0.3, -0.25) is 0 Å². The lowest BCUT2D eigenvalue weighted by molar-refractivity contribution is 0.544. The van der Waals surface area contributed by atoms with Gasteiger partial charge in [-0.25, -0.2) is 4.98 Å². The summed E-state index contributed by atoms with van der Waals surface area (Å²) in [5.41, 5.74) is 2.32. The number of nitrogens with zero attached hydrogens (tertiary/aromatic N) is 3. The standard InChI is InChI=1S/C20H25N5/c1-3-21-18-9-6-10-22-20(18)24-11-12-25(15(2)14-24)19-13-16-7-4-5-8-17(16)23-19/h4-10,13,15,21,23H,3,11-12,14H2,1-2H3. The number of hydrogen-bond acceptors (Lipinski definition) is 4. The SMILES string of the molecule is CCNc1cccnc1N1CCN(c2cc3ccccc3[nH]2)C(C)C1. The summed E-state index contributed by atoms with van der Waals surface area (Å²) in [6.07, 6.45) is 1.88. The van der Waals surface area contributed by atoms with Gasteiger partial charge < -0.3 is 20.1 Å². The van der Waals surface area contributed by atoms with Gasteiger partial charge in [-0.1, -0.05) is 18.2 Å². The smallest absolute Gasteiger partial charge is 0.152 e. The monoisotopic (exact) mass is 335 g/mol. The number of hydrogen-bond donors (Lipinski definition) is 2. The van der Waals surface area contributed by atoms with Crippen molar-refractivity contribution in [2.24, 2.45) is 0 Å². The molecule has 5 nitrogen and oxygen atoms in total. The maximum Gasteiger partial charge on any atom is 0.152 e. The largest absolute Gasteiger partial charge is 0.382 e. The first kappa shape index (κ1) is 15.8. The van der Waals surface area contributed by atoms with Crippen LogP contribution in [-0.2, 0) is 0 Å². The van der Waals surface area contributed by atoms with Crippen molar-refractivity contribution in [3.63, 3.8) is 0 Å². The minimum atomic E-state index is 0.415. The van der Waals surface area contributed by atoms with Crippen LogP contribution in [0.5, 0.6) is 0 Å². The fraction of sp³-hybridized carbons (Fsp3) is 0.350. The zero-order chi connectivity index (χ0) is 17.2. The maximum atomic E-state index is 4.63. The molecule has 3 aromatic rings. The third-order valence-electron chi connectivity index (χ3n) is 4.91. The molecule has 3 heterocycles. The lowest BCUT2D eigenvalue weighted by Gasteiger charge is -2.41. The molecule has 25 heavy (non-hydrogen) atoms. The Labute approximate surface area is 148 Å². The molecule has 1 fully saturated rings. The summed E-state index contributed by atoms with van der Waals surface area (Å²) < 4.78 is 0. The van der Waals surface area contributed by atoms with Crippen molar-refractivity contribution in [1.82, 2.24) is 9.97 Å². The molecule has 5 heteroatoms. The Morgan fingerprint density at radius 3 is 2.88 bits per heavy atom. The molecule has 0 bridgehead atoms. The van der Waals surface area contributed by atoms with E-state index in [9.17, 15) is 0 Å². The number of pyridine rings is 1. The van der Waals surface area contributed by atoms with E-state index in [-0.39, 0.29) is 0 Å². The van der Waals surface area contributed by atoms with Crippen LogP contribution in [-0.4, -0.2) is 42.2 Å². The molecule has 1 aliphatic rings. The maximum absolute atomic E-state index is 4.63. The molecule has 2 N–H and O–H groups in total. The number of fused-ring (bicyclic) bond motifs is 1. The predicted molar refractivity (Wildman–Crippen MR) is 106 cm³/mol. The number of H-pyrrole nitrogens is 1. The lowest BCUT2D eigenvalue weighted by atomic mass is 10.1. The van der Waals surface area contributed by atoms with Crippen molar-refractivity contribution < 1.29 is 0 Å². The van der Waals surface area contributed by atoms with Crippen LogP contribution < -0.4 is 15.1 Å². The summed E-state index contributed by atoms with van der Waals surface area (Å²) >= 11 is 0. The first-order chi connectivity index (χ1) is 12.3. The highest BCUT2D eigenvalue weighted by molar-refractivity contribution is 5.84.